The van der Waals surface area contributed by atoms with Gasteiger partial charge < -0.3 is 4.74 Å². The van der Waals surface area contributed by atoms with Crippen LogP contribution in [0.5, 0.6) is 0 Å². The molecule has 0 N–H and O–H groups in total. The lowest BCUT2D eigenvalue weighted by Gasteiger charge is -2.15. The van der Waals surface area contributed by atoms with Crippen molar-refractivity contribution in [3.05, 3.63) is 47.3 Å². The molecular formula is C14H20O. The third-order valence-electron chi connectivity index (χ3n) is 2.45. The Bertz CT molecular complexity index is 316. The minimum Gasteiger partial charge on any atom is -0.500 e. The number of methoxy groups -OCH3 is 1. The summed E-state index contributed by atoms with van der Waals surface area (Å²) in [5.41, 5.74) is 2.51. The van der Waals surface area contributed by atoms with Crippen LogP contribution in [-0.4, -0.2) is 7.11 Å². The van der Waals surface area contributed by atoms with Gasteiger partial charge in [-0.1, -0.05) is 37.3 Å². The van der Waals surface area contributed by atoms with Gasteiger partial charge in [-0.25, -0.2) is 0 Å². The summed E-state index contributed by atoms with van der Waals surface area (Å²) in [6.07, 6.45) is 14.0. The monoisotopic (exact) mass is 204 g/mol. The van der Waals surface area contributed by atoms with E-state index in [-0.39, 0.29) is 0 Å². The molecule has 0 amide bonds. The average molecular weight is 204 g/mol. The Morgan fingerprint density at radius 3 is 2.93 bits per heavy atom. The van der Waals surface area contributed by atoms with Gasteiger partial charge in [0.1, 0.15) is 5.76 Å². The first-order valence-corrected chi connectivity index (χ1v) is 5.60. The maximum Gasteiger partial charge on any atom is 0.104 e. The number of ether oxygens (including phenoxy) is 1. The van der Waals surface area contributed by atoms with E-state index in [1.165, 1.54) is 11.1 Å². The first-order valence-electron chi connectivity index (χ1n) is 5.60. The Morgan fingerprint density at radius 2 is 2.33 bits per heavy atom. The van der Waals surface area contributed by atoms with Crippen molar-refractivity contribution in [1.82, 2.24) is 0 Å². The number of hydrogen-bond donors (Lipinski definition) is 0. The van der Waals surface area contributed by atoms with Crippen LogP contribution in [0.2, 0.25) is 0 Å². The average Bonchev–Trinajstić information content (AvgIpc) is 2.29. The van der Waals surface area contributed by atoms with Crippen molar-refractivity contribution in [1.29, 1.82) is 0 Å². The number of hydrogen-bond acceptors (Lipinski definition) is 1. The largest absolute Gasteiger partial charge is 0.500 e. The Balaban J connectivity index is 3.05. The summed E-state index contributed by atoms with van der Waals surface area (Å²) in [6.45, 7) is 4.20. The molecule has 1 nitrogen and oxygen atoms in total. The third-order valence-corrected chi connectivity index (χ3v) is 2.45. The second-order valence-electron chi connectivity index (χ2n) is 3.55. The van der Waals surface area contributed by atoms with Gasteiger partial charge in [-0.2, -0.15) is 0 Å². The molecule has 0 heterocycles. The molecule has 0 radical (unpaired) electrons. The van der Waals surface area contributed by atoms with Crippen LogP contribution >= 0.6 is 0 Å². The van der Waals surface area contributed by atoms with Crippen molar-refractivity contribution < 1.29 is 4.74 Å². The number of rotatable bonds is 4. The molecule has 0 aromatic rings. The molecule has 1 aliphatic carbocycles. The zero-order valence-corrected chi connectivity index (χ0v) is 9.92. The van der Waals surface area contributed by atoms with Crippen molar-refractivity contribution in [2.24, 2.45) is 0 Å². The predicted octanol–water partition coefficient (Wildman–Crippen LogP) is 4.15. The van der Waals surface area contributed by atoms with Gasteiger partial charge in [0, 0.05) is 12.0 Å². The summed E-state index contributed by atoms with van der Waals surface area (Å²) in [6, 6.07) is 0. The fraction of sp³-hybridized carbons (Fsp3) is 0.429. The van der Waals surface area contributed by atoms with Crippen molar-refractivity contribution >= 4 is 0 Å². The van der Waals surface area contributed by atoms with E-state index in [2.05, 4.69) is 37.3 Å². The van der Waals surface area contributed by atoms with Crippen LogP contribution < -0.4 is 0 Å². The maximum atomic E-state index is 5.43. The molecule has 0 aromatic heterocycles. The topological polar surface area (TPSA) is 9.23 Å². The lowest BCUT2D eigenvalue weighted by atomic mass is 9.96. The molecule has 1 heteroatoms. The smallest absolute Gasteiger partial charge is 0.104 e. The molecule has 0 fully saturated rings. The highest BCUT2D eigenvalue weighted by Crippen LogP contribution is 2.26. The van der Waals surface area contributed by atoms with Crippen molar-refractivity contribution in [2.75, 3.05) is 7.11 Å². The molecule has 0 saturated carbocycles. The highest BCUT2D eigenvalue weighted by Gasteiger charge is 2.10. The van der Waals surface area contributed by atoms with E-state index >= 15 is 0 Å². The molecular weight excluding hydrogens is 184 g/mol. The zero-order chi connectivity index (χ0) is 11.1. The summed E-state index contributed by atoms with van der Waals surface area (Å²) >= 11 is 0. The summed E-state index contributed by atoms with van der Waals surface area (Å²) in [7, 11) is 1.76. The van der Waals surface area contributed by atoms with Gasteiger partial charge in [-0.15, -0.1) is 0 Å². The molecule has 0 bridgehead atoms. The standard InChI is InChI=1S/C14H20O/c1-4-8-12(9-5-2)13-10-6-7-11-14(13)15-3/h4,6,8-10H,5,7,11H2,1-3H3. The molecule has 0 aliphatic heterocycles. The van der Waals surface area contributed by atoms with E-state index in [1.54, 1.807) is 7.11 Å². The molecule has 0 unspecified atom stereocenters. The number of allylic oxidation sites excluding steroid dienone is 8. The van der Waals surface area contributed by atoms with Crippen LogP contribution in [-0.2, 0) is 4.74 Å². The fourth-order valence-electron chi connectivity index (χ4n) is 1.78. The third kappa shape index (κ3) is 3.12. The fourth-order valence-corrected chi connectivity index (χ4v) is 1.78. The molecule has 0 spiro atoms. The van der Waals surface area contributed by atoms with E-state index in [0.717, 1.165) is 25.0 Å². The molecule has 15 heavy (non-hydrogen) atoms. The molecule has 0 aromatic carbocycles. The quantitative estimate of drug-likeness (QED) is 0.625. The van der Waals surface area contributed by atoms with Crippen molar-refractivity contribution in [2.45, 2.75) is 33.1 Å². The van der Waals surface area contributed by atoms with Crippen molar-refractivity contribution in [3.8, 4) is 0 Å². The van der Waals surface area contributed by atoms with Gasteiger partial charge in [0.25, 0.3) is 0 Å². The van der Waals surface area contributed by atoms with Crippen molar-refractivity contribution in [3.63, 3.8) is 0 Å². The summed E-state index contributed by atoms with van der Waals surface area (Å²) in [5.74, 6) is 1.11. The summed E-state index contributed by atoms with van der Waals surface area (Å²) in [4.78, 5) is 0. The van der Waals surface area contributed by atoms with Gasteiger partial charge in [-0.05, 0) is 25.3 Å². The Labute approximate surface area is 92.8 Å². The van der Waals surface area contributed by atoms with Gasteiger partial charge in [0.05, 0.1) is 7.11 Å². The van der Waals surface area contributed by atoms with Crippen LogP contribution in [0.25, 0.3) is 0 Å². The van der Waals surface area contributed by atoms with Crippen LogP contribution in [0.1, 0.15) is 33.1 Å². The van der Waals surface area contributed by atoms with E-state index in [1.807, 2.05) is 6.92 Å². The Hall–Kier alpha value is -1.24. The Kier molecular flexibility index (Phi) is 4.96. The summed E-state index contributed by atoms with van der Waals surface area (Å²) < 4.78 is 5.43. The first-order chi connectivity index (χ1) is 7.33. The van der Waals surface area contributed by atoms with Gasteiger partial charge in [-0.3, -0.25) is 0 Å². The van der Waals surface area contributed by atoms with Gasteiger partial charge in [0.15, 0.2) is 0 Å². The van der Waals surface area contributed by atoms with Gasteiger partial charge >= 0.3 is 0 Å². The van der Waals surface area contributed by atoms with E-state index in [0.29, 0.717) is 0 Å². The molecule has 0 saturated heterocycles. The minimum absolute atomic E-state index is 1.01. The van der Waals surface area contributed by atoms with Crippen LogP contribution in [0, 0.1) is 0 Å². The normalized spacial score (nSPS) is 17.7. The summed E-state index contributed by atoms with van der Waals surface area (Å²) in [5, 5.41) is 0. The Morgan fingerprint density at radius 1 is 1.53 bits per heavy atom. The van der Waals surface area contributed by atoms with Crippen LogP contribution in [0.15, 0.2) is 47.3 Å². The van der Waals surface area contributed by atoms with E-state index in [4.69, 9.17) is 4.74 Å². The first kappa shape index (κ1) is 11.8. The maximum absolute atomic E-state index is 5.43. The van der Waals surface area contributed by atoms with E-state index in [9.17, 15) is 0 Å². The lowest BCUT2D eigenvalue weighted by molar-refractivity contribution is 0.273. The second-order valence-corrected chi connectivity index (χ2v) is 3.55. The van der Waals surface area contributed by atoms with Crippen LogP contribution in [0.4, 0.5) is 0 Å². The lowest BCUT2D eigenvalue weighted by Crippen LogP contribution is -1.99. The van der Waals surface area contributed by atoms with E-state index < -0.39 is 0 Å². The molecule has 1 aliphatic rings. The second kappa shape index (κ2) is 6.28. The minimum atomic E-state index is 1.01. The van der Waals surface area contributed by atoms with Gasteiger partial charge in [0.2, 0.25) is 0 Å². The molecule has 0 atom stereocenters. The SMILES string of the molecule is CC=CC(=CCC)C1=C(OC)CCC=C1. The highest BCUT2D eigenvalue weighted by atomic mass is 16.5. The molecule has 82 valence electrons. The predicted molar refractivity (Wildman–Crippen MR) is 65.6 cm³/mol. The zero-order valence-electron chi connectivity index (χ0n) is 9.92. The molecule has 1 rings (SSSR count). The van der Waals surface area contributed by atoms with Crippen LogP contribution in [0.3, 0.4) is 0 Å². The highest BCUT2D eigenvalue weighted by molar-refractivity contribution is 5.49.